The van der Waals surface area contributed by atoms with Crippen molar-refractivity contribution in [2.24, 2.45) is 0 Å². The van der Waals surface area contributed by atoms with E-state index in [1.54, 1.807) is 42.5 Å². The largest absolute Gasteiger partial charge is 0.457 e. The smallest absolute Gasteiger partial charge is 0.265 e. The van der Waals surface area contributed by atoms with Crippen molar-refractivity contribution in [1.82, 2.24) is 4.31 Å². The Bertz CT molecular complexity index is 1230. The SMILES string of the molecule is O=C1/C(=C/c2ccc(-c3ccccc3Cl)o2)N(CCO)S(=O)(=O)c2ccccc21. The number of nitrogens with zero attached hydrogens (tertiary/aromatic N) is 1. The van der Waals surface area contributed by atoms with Gasteiger partial charge >= 0.3 is 0 Å². The van der Waals surface area contributed by atoms with E-state index in [0.717, 1.165) is 4.31 Å². The Hall–Kier alpha value is -2.87. The van der Waals surface area contributed by atoms with Gasteiger partial charge in [-0.15, -0.1) is 0 Å². The van der Waals surface area contributed by atoms with Gasteiger partial charge in [-0.3, -0.25) is 9.10 Å². The van der Waals surface area contributed by atoms with Gasteiger partial charge in [-0.05, 0) is 36.4 Å². The van der Waals surface area contributed by atoms with E-state index >= 15 is 0 Å². The summed E-state index contributed by atoms with van der Waals surface area (Å²) in [5.74, 6) is 0.322. The third-order valence-corrected chi connectivity index (χ3v) is 6.75. The third-order valence-electron chi connectivity index (χ3n) is 4.55. The van der Waals surface area contributed by atoms with Gasteiger partial charge in [0, 0.05) is 17.2 Å². The highest BCUT2D eigenvalue weighted by Gasteiger charge is 2.39. The molecule has 148 valence electrons. The van der Waals surface area contributed by atoms with Crippen molar-refractivity contribution in [2.45, 2.75) is 4.90 Å². The maximum absolute atomic E-state index is 13.0. The minimum absolute atomic E-state index is 0.0770. The van der Waals surface area contributed by atoms with Gasteiger partial charge in [0.15, 0.2) is 0 Å². The minimum atomic E-state index is -3.98. The third kappa shape index (κ3) is 3.37. The van der Waals surface area contributed by atoms with Crippen molar-refractivity contribution in [1.29, 1.82) is 0 Å². The number of hydrogen-bond acceptors (Lipinski definition) is 5. The first-order chi connectivity index (χ1) is 13.9. The van der Waals surface area contributed by atoms with Crippen LogP contribution in [0.3, 0.4) is 0 Å². The lowest BCUT2D eigenvalue weighted by atomic mass is 10.1. The molecule has 0 bridgehead atoms. The molecule has 1 aromatic heterocycles. The molecule has 0 unspecified atom stereocenters. The molecule has 4 rings (SSSR count). The van der Waals surface area contributed by atoms with E-state index in [1.165, 1.54) is 18.2 Å². The molecular weight excluding hydrogens is 414 g/mol. The Kier molecular flexibility index (Phi) is 5.04. The number of aliphatic hydroxyl groups excluding tert-OH is 1. The van der Waals surface area contributed by atoms with E-state index in [-0.39, 0.29) is 22.7 Å². The van der Waals surface area contributed by atoms with Crippen LogP contribution in [0.15, 0.2) is 75.7 Å². The number of carbonyl (C=O) groups is 1. The van der Waals surface area contributed by atoms with Gasteiger partial charge in [0.2, 0.25) is 5.78 Å². The van der Waals surface area contributed by atoms with E-state index in [0.29, 0.717) is 22.1 Å². The Morgan fingerprint density at radius 3 is 2.41 bits per heavy atom. The summed E-state index contributed by atoms with van der Waals surface area (Å²) in [7, 11) is -3.98. The van der Waals surface area contributed by atoms with Crippen LogP contribution in [0.1, 0.15) is 16.1 Å². The number of carbonyl (C=O) groups excluding carboxylic acids is 1. The molecule has 0 radical (unpaired) electrons. The fraction of sp³-hybridized carbons (Fsp3) is 0.0952. The second kappa shape index (κ2) is 7.51. The fourth-order valence-electron chi connectivity index (χ4n) is 3.22. The molecule has 0 saturated heterocycles. The van der Waals surface area contributed by atoms with Crippen LogP contribution in [0.2, 0.25) is 5.02 Å². The molecule has 1 N–H and O–H groups in total. The quantitative estimate of drug-likeness (QED) is 0.637. The predicted molar refractivity (Wildman–Crippen MR) is 109 cm³/mol. The van der Waals surface area contributed by atoms with Gasteiger partial charge in [-0.1, -0.05) is 35.9 Å². The Balaban J connectivity index is 1.82. The lowest BCUT2D eigenvalue weighted by Crippen LogP contribution is -2.40. The molecule has 6 nitrogen and oxygen atoms in total. The first-order valence-electron chi connectivity index (χ1n) is 8.77. The monoisotopic (exact) mass is 429 g/mol. The van der Waals surface area contributed by atoms with Gasteiger partial charge < -0.3 is 9.52 Å². The average Bonchev–Trinajstić information content (AvgIpc) is 3.18. The van der Waals surface area contributed by atoms with E-state index in [2.05, 4.69) is 0 Å². The van der Waals surface area contributed by atoms with Gasteiger partial charge in [0.05, 0.1) is 23.1 Å². The highest BCUT2D eigenvalue weighted by Crippen LogP contribution is 2.34. The van der Waals surface area contributed by atoms with E-state index in [4.69, 9.17) is 16.0 Å². The number of fused-ring (bicyclic) bond motifs is 1. The van der Waals surface area contributed by atoms with Crippen LogP contribution in [-0.2, 0) is 10.0 Å². The molecule has 0 aliphatic carbocycles. The second-order valence-corrected chi connectivity index (χ2v) is 8.58. The molecule has 2 aromatic carbocycles. The number of ketones is 1. The second-order valence-electron chi connectivity index (χ2n) is 6.34. The summed E-state index contributed by atoms with van der Waals surface area (Å²) in [6, 6.07) is 16.5. The molecule has 0 fully saturated rings. The summed E-state index contributed by atoms with van der Waals surface area (Å²) in [5.41, 5.74) is 0.683. The molecule has 1 aliphatic rings. The van der Waals surface area contributed by atoms with E-state index in [1.807, 2.05) is 6.07 Å². The molecule has 0 amide bonds. The summed E-state index contributed by atoms with van der Waals surface area (Å²) in [4.78, 5) is 12.9. The molecule has 3 aromatic rings. The number of hydrogen-bond donors (Lipinski definition) is 1. The van der Waals surface area contributed by atoms with Gasteiger partial charge in [-0.25, -0.2) is 8.42 Å². The van der Waals surface area contributed by atoms with E-state index in [9.17, 15) is 18.3 Å². The number of aliphatic hydroxyl groups is 1. The molecule has 0 saturated carbocycles. The summed E-state index contributed by atoms with van der Waals surface area (Å²) in [5, 5.41) is 9.88. The number of Topliss-reactive ketones (excluding diaryl/α,β-unsaturated/α-hetero) is 1. The van der Waals surface area contributed by atoms with Crippen molar-refractivity contribution < 1.29 is 22.7 Å². The molecule has 8 heteroatoms. The minimum Gasteiger partial charge on any atom is -0.457 e. The number of benzene rings is 2. The Labute approximate surface area is 172 Å². The van der Waals surface area contributed by atoms with Crippen LogP contribution in [0, 0.1) is 0 Å². The number of allylic oxidation sites excluding steroid dienone is 1. The Morgan fingerprint density at radius 2 is 1.69 bits per heavy atom. The highest BCUT2D eigenvalue weighted by molar-refractivity contribution is 7.89. The number of β-amino-alcohol motifs (C(OH)–C–C–N with tert-alkyl or cyclic N) is 1. The molecule has 1 aliphatic heterocycles. The van der Waals surface area contributed by atoms with Gasteiger partial charge in [0.25, 0.3) is 10.0 Å². The zero-order chi connectivity index (χ0) is 20.6. The maximum Gasteiger partial charge on any atom is 0.265 e. The maximum atomic E-state index is 13.0. The number of sulfonamides is 1. The van der Waals surface area contributed by atoms with E-state index < -0.39 is 22.4 Å². The zero-order valence-electron chi connectivity index (χ0n) is 15.1. The predicted octanol–water partition coefficient (Wildman–Crippen LogP) is 3.82. The molecule has 2 heterocycles. The Morgan fingerprint density at radius 1 is 1.00 bits per heavy atom. The van der Waals surface area contributed by atoms with Crippen LogP contribution >= 0.6 is 11.6 Å². The van der Waals surface area contributed by atoms with Gasteiger partial charge in [0.1, 0.15) is 17.2 Å². The lowest BCUT2D eigenvalue weighted by molar-refractivity contribution is 0.0998. The average molecular weight is 430 g/mol. The van der Waals surface area contributed by atoms with Crippen molar-refractivity contribution in [3.8, 4) is 11.3 Å². The summed E-state index contributed by atoms with van der Waals surface area (Å²) < 4.78 is 32.7. The molecule has 0 atom stereocenters. The number of furan rings is 1. The lowest BCUT2D eigenvalue weighted by Gasteiger charge is -2.30. The fourth-order valence-corrected chi connectivity index (χ4v) is 5.09. The van der Waals surface area contributed by atoms with Crippen LogP contribution < -0.4 is 0 Å². The highest BCUT2D eigenvalue weighted by atomic mass is 35.5. The van der Waals surface area contributed by atoms with Crippen molar-refractivity contribution in [3.05, 3.63) is 82.7 Å². The summed E-state index contributed by atoms with van der Waals surface area (Å²) >= 11 is 6.20. The zero-order valence-corrected chi connectivity index (χ0v) is 16.7. The van der Waals surface area contributed by atoms with Crippen molar-refractivity contribution in [2.75, 3.05) is 13.2 Å². The van der Waals surface area contributed by atoms with Crippen LogP contribution in [0.5, 0.6) is 0 Å². The number of rotatable bonds is 4. The normalized spacial score (nSPS) is 16.8. The van der Waals surface area contributed by atoms with Crippen molar-refractivity contribution in [3.63, 3.8) is 0 Å². The van der Waals surface area contributed by atoms with Crippen molar-refractivity contribution >= 4 is 33.5 Å². The molecule has 0 spiro atoms. The topological polar surface area (TPSA) is 87.8 Å². The standard InChI is InChI=1S/C21H16ClNO5S/c22-17-7-3-1-5-15(17)19-10-9-14(28-19)13-18-21(25)16-6-2-4-8-20(16)29(26,27)23(18)11-12-24/h1-10,13,24H,11-12H2/b18-13-. The summed E-state index contributed by atoms with van der Waals surface area (Å²) in [6.07, 6.45) is 1.37. The first-order valence-corrected chi connectivity index (χ1v) is 10.6. The first kappa shape index (κ1) is 19.4. The van der Waals surface area contributed by atoms with Crippen LogP contribution in [0.25, 0.3) is 17.4 Å². The summed E-state index contributed by atoms with van der Waals surface area (Å²) in [6.45, 7) is -0.679. The molecule has 29 heavy (non-hydrogen) atoms. The van der Waals surface area contributed by atoms with Gasteiger partial charge in [-0.2, -0.15) is 0 Å². The van der Waals surface area contributed by atoms with Crippen LogP contribution in [-0.4, -0.2) is 36.8 Å². The molecular formula is C21H16ClNO5S. The van der Waals surface area contributed by atoms with Crippen LogP contribution in [0.4, 0.5) is 0 Å². The number of halogens is 1.